The van der Waals surface area contributed by atoms with Gasteiger partial charge in [0.15, 0.2) is 0 Å². The van der Waals surface area contributed by atoms with Gasteiger partial charge in [0.2, 0.25) is 0 Å². The zero-order chi connectivity index (χ0) is 19.1. The Morgan fingerprint density at radius 3 is 1.31 bits per heavy atom. The van der Waals surface area contributed by atoms with E-state index in [0.717, 1.165) is 11.1 Å². The summed E-state index contributed by atoms with van der Waals surface area (Å²) in [6, 6.07) is 13.9. The number of anilines is 2. The number of rotatable bonds is 4. The molecule has 0 saturated heterocycles. The first-order valence-corrected chi connectivity index (χ1v) is 7.77. The number of hydrogen-bond acceptors (Lipinski definition) is 6. The van der Waals surface area contributed by atoms with Crippen molar-refractivity contribution in [1.29, 1.82) is 0 Å². The number of nitrogens with two attached hydrogens (primary N) is 2. The highest BCUT2D eigenvalue weighted by molar-refractivity contribution is 6.35. The number of hydrogen-bond donors (Lipinski definition) is 4. The molecule has 2 aromatic carbocycles. The van der Waals surface area contributed by atoms with E-state index >= 15 is 0 Å². The molecule has 0 atom stereocenters. The van der Waals surface area contributed by atoms with Gasteiger partial charge >= 0.3 is 11.8 Å². The highest BCUT2D eigenvalue weighted by Crippen LogP contribution is 2.07. The van der Waals surface area contributed by atoms with Crippen molar-refractivity contribution in [3.63, 3.8) is 0 Å². The molecule has 0 aliphatic heterocycles. The monoisotopic (exact) mass is 352 g/mol. The van der Waals surface area contributed by atoms with Gasteiger partial charge in [0, 0.05) is 11.4 Å². The van der Waals surface area contributed by atoms with Crippen molar-refractivity contribution >= 4 is 34.6 Å². The first-order valence-electron chi connectivity index (χ1n) is 7.77. The topological polar surface area (TPSA) is 135 Å². The van der Waals surface area contributed by atoms with E-state index in [0.29, 0.717) is 22.8 Å². The van der Waals surface area contributed by atoms with E-state index in [4.69, 9.17) is 11.5 Å². The molecule has 0 aliphatic carbocycles. The highest BCUT2D eigenvalue weighted by Gasteiger charge is 2.12. The van der Waals surface area contributed by atoms with Crippen molar-refractivity contribution in [3.8, 4) is 0 Å². The lowest BCUT2D eigenvalue weighted by atomic mass is 10.1. The van der Waals surface area contributed by atoms with Crippen LogP contribution in [0.5, 0.6) is 0 Å². The third kappa shape index (κ3) is 5.17. The number of nitrogen functional groups attached to an aromatic ring is 2. The summed E-state index contributed by atoms with van der Waals surface area (Å²) in [4.78, 5) is 23.6. The zero-order valence-electron chi connectivity index (χ0n) is 14.5. The molecule has 0 saturated carbocycles. The van der Waals surface area contributed by atoms with Crippen LogP contribution in [0.4, 0.5) is 11.4 Å². The minimum Gasteiger partial charge on any atom is -0.399 e. The average Bonchev–Trinajstić information content (AvgIpc) is 2.64. The molecule has 0 spiro atoms. The molecular weight excluding hydrogens is 332 g/mol. The fraction of sp³-hybridized carbons (Fsp3) is 0.111. The van der Waals surface area contributed by atoms with Crippen LogP contribution in [0.15, 0.2) is 58.7 Å². The van der Waals surface area contributed by atoms with E-state index in [1.165, 1.54) is 0 Å². The second-order valence-electron chi connectivity index (χ2n) is 5.52. The average molecular weight is 352 g/mol. The maximum absolute atomic E-state index is 11.8. The third-order valence-electron chi connectivity index (χ3n) is 3.51. The Hall–Kier alpha value is -3.68. The van der Waals surface area contributed by atoms with Gasteiger partial charge in [0.1, 0.15) is 0 Å². The molecule has 134 valence electrons. The van der Waals surface area contributed by atoms with Gasteiger partial charge in [-0.1, -0.05) is 24.3 Å². The van der Waals surface area contributed by atoms with Crippen LogP contribution in [0.3, 0.4) is 0 Å². The normalized spacial score (nSPS) is 11.8. The predicted octanol–water partition coefficient (Wildman–Crippen LogP) is 1.23. The van der Waals surface area contributed by atoms with E-state index < -0.39 is 11.8 Å². The summed E-state index contributed by atoms with van der Waals surface area (Å²) in [6.07, 6.45) is 0. The molecule has 0 unspecified atom stereocenters. The molecule has 26 heavy (non-hydrogen) atoms. The molecule has 0 bridgehead atoms. The Labute approximate surface area is 151 Å². The summed E-state index contributed by atoms with van der Waals surface area (Å²) in [5, 5.41) is 7.79. The van der Waals surface area contributed by atoms with Gasteiger partial charge in [-0.3, -0.25) is 9.59 Å². The van der Waals surface area contributed by atoms with E-state index in [2.05, 4.69) is 21.1 Å². The van der Waals surface area contributed by atoms with Crippen LogP contribution in [0.25, 0.3) is 0 Å². The summed E-state index contributed by atoms with van der Waals surface area (Å²) in [5.74, 6) is -1.85. The molecule has 8 heteroatoms. The molecule has 2 aromatic rings. The van der Waals surface area contributed by atoms with Crippen molar-refractivity contribution in [2.45, 2.75) is 13.8 Å². The van der Waals surface area contributed by atoms with Crippen molar-refractivity contribution in [2.24, 2.45) is 10.2 Å². The molecule has 8 nitrogen and oxygen atoms in total. The summed E-state index contributed by atoms with van der Waals surface area (Å²) in [6.45, 7) is 3.40. The number of carbonyl (C=O) groups excluding carboxylic acids is 2. The standard InChI is InChI=1S/C18H20N6O2/c1-11(13-3-7-15(19)8-4-13)21-23-17(25)18(26)24-22-12(2)14-5-9-16(20)10-6-14/h3-10H,19-20H2,1-2H3,(H,23,25)(H,24,26). The third-order valence-corrected chi connectivity index (χ3v) is 3.51. The molecule has 0 heterocycles. The molecule has 2 amide bonds. The van der Waals surface area contributed by atoms with Crippen LogP contribution < -0.4 is 22.3 Å². The van der Waals surface area contributed by atoms with Crippen LogP contribution in [-0.4, -0.2) is 23.2 Å². The maximum Gasteiger partial charge on any atom is 0.331 e. The van der Waals surface area contributed by atoms with Gasteiger partial charge in [0.05, 0.1) is 11.4 Å². The predicted molar refractivity (Wildman–Crippen MR) is 102 cm³/mol. The molecule has 6 N–H and O–H groups in total. The fourth-order valence-electron chi connectivity index (χ4n) is 1.95. The molecule has 0 aromatic heterocycles. The van der Waals surface area contributed by atoms with Crippen molar-refractivity contribution in [3.05, 3.63) is 59.7 Å². The Morgan fingerprint density at radius 2 is 1.00 bits per heavy atom. The smallest absolute Gasteiger partial charge is 0.331 e. The van der Waals surface area contributed by atoms with Crippen molar-refractivity contribution < 1.29 is 9.59 Å². The van der Waals surface area contributed by atoms with Gasteiger partial charge in [-0.15, -0.1) is 0 Å². The molecule has 0 fully saturated rings. The second kappa shape index (κ2) is 8.43. The van der Waals surface area contributed by atoms with E-state index in [9.17, 15) is 9.59 Å². The van der Waals surface area contributed by atoms with Crippen LogP contribution in [-0.2, 0) is 9.59 Å². The number of amides is 2. The Kier molecular flexibility index (Phi) is 6.05. The van der Waals surface area contributed by atoms with E-state index in [-0.39, 0.29) is 0 Å². The first-order chi connectivity index (χ1) is 12.4. The lowest BCUT2D eigenvalue weighted by molar-refractivity contribution is -0.139. The number of benzene rings is 2. The minimum absolute atomic E-state index is 0.535. The highest BCUT2D eigenvalue weighted by atomic mass is 16.2. The quantitative estimate of drug-likeness (QED) is 0.285. The number of nitrogens with one attached hydrogen (secondary N) is 2. The number of carbonyl (C=O) groups is 2. The van der Waals surface area contributed by atoms with E-state index in [1.54, 1.807) is 62.4 Å². The van der Waals surface area contributed by atoms with Gasteiger partial charge in [-0.05, 0) is 49.2 Å². The Bertz CT molecular complexity index is 781. The second-order valence-corrected chi connectivity index (χ2v) is 5.52. The minimum atomic E-state index is -0.923. The maximum atomic E-state index is 11.8. The number of nitrogens with zero attached hydrogens (tertiary/aromatic N) is 2. The molecule has 0 aliphatic rings. The number of hydrazone groups is 2. The Morgan fingerprint density at radius 1 is 0.692 bits per heavy atom. The summed E-state index contributed by atoms with van der Waals surface area (Å²) >= 11 is 0. The molecule has 0 radical (unpaired) electrons. The van der Waals surface area contributed by atoms with Crippen LogP contribution in [0.1, 0.15) is 25.0 Å². The summed E-state index contributed by atoms with van der Waals surface area (Å²) in [7, 11) is 0. The zero-order valence-corrected chi connectivity index (χ0v) is 14.5. The largest absolute Gasteiger partial charge is 0.399 e. The van der Waals surface area contributed by atoms with Gasteiger partial charge in [0.25, 0.3) is 0 Å². The van der Waals surface area contributed by atoms with Gasteiger partial charge < -0.3 is 11.5 Å². The lowest BCUT2D eigenvalue weighted by Crippen LogP contribution is -2.36. The van der Waals surface area contributed by atoms with Gasteiger partial charge in [-0.25, -0.2) is 10.9 Å². The van der Waals surface area contributed by atoms with E-state index in [1.807, 2.05) is 0 Å². The molecular formula is C18H20N6O2. The Balaban J connectivity index is 1.93. The first kappa shape index (κ1) is 18.7. The van der Waals surface area contributed by atoms with Crippen molar-refractivity contribution in [2.75, 3.05) is 11.5 Å². The van der Waals surface area contributed by atoms with Crippen LogP contribution >= 0.6 is 0 Å². The molecule has 2 rings (SSSR count). The fourth-order valence-corrected chi connectivity index (χ4v) is 1.95. The lowest BCUT2D eigenvalue weighted by Gasteiger charge is -2.04. The van der Waals surface area contributed by atoms with Gasteiger partial charge in [-0.2, -0.15) is 10.2 Å². The SMILES string of the molecule is CC(=NNC(=O)C(=O)NN=C(C)c1ccc(N)cc1)c1ccc(N)cc1. The summed E-state index contributed by atoms with van der Waals surface area (Å²) < 4.78 is 0. The van der Waals surface area contributed by atoms with Crippen LogP contribution in [0, 0.1) is 0 Å². The summed E-state index contributed by atoms with van der Waals surface area (Å²) in [5.41, 5.74) is 19.5. The van der Waals surface area contributed by atoms with Crippen molar-refractivity contribution in [1.82, 2.24) is 10.9 Å². The van der Waals surface area contributed by atoms with Crippen LogP contribution in [0.2, 0.25) is 0 Å².